The number of hydrogen-bond acceptors (Lipinski definition) is 4. The van der Waals surface area contributed by atoms with E-state index in [2.05, 4.69) is 39.8 Å². The molecule has 0 spiro atoms. The highest BCUT2D eigenvalue weighted by Crippen LogP contribution is 2.17. The molecule has 2 aromatic carbocycles. The summed E-state index contributed by atoms with van der Waals surface area (Å²) in [6.45, 7) is 6.99. The summed E-state index contributed by atoms with van der Waals surface area (Å²) >= 11 is 0. The van der Waals surface area contributed by atoms with Crippen molar-refractivity contribution in [2.45, 2.75) is 19.3 Å². The van der Waals surface area contributed by atoms with Crippen molar-refractivity contribution in [3.63, 3.8) is 0 Å². The van der Waals surface area contributed by atoms with E-state index in [1.54, 1.807) is 0 Å². The summed E-state index contributed by atoms with van der Waals surface area (Å²) in [7, 11) is 0. The van der Waals surface area contributed by atoms with Crippen LogP contribution in [-0.2, 0) is 17.6 Å². The van der Waals surface area contributed by atoms with Crippen LogP contribution in [0.1, 0.15) is 27.9 Å². The Morgan fingerprint density at radius 3 is 2.45 bits per heavy atom. The summed E-state index contributed by atoms with van der Waals surface area (Å²) in [6.07, 6.45) is 3.34. The van der Waals surface area contributed by atoms with Gasteiger partial charge in [0.05, 0.1) is 13.2 Å². The lowest BCUT2D eigenvalue weighted by atomic mass is 9.98. The molecular weight excluding hydrogens is 362 g/mol. The maximum atomic E-state index is 12.5. The number of nitrogens with one attached hydrogen (secondary N) is 2. The molecule has 1 unspecified atom stereocenters. The van der Waals surface area contributed by atoms with Crippen LogP contribution in [0.5, 0.6) is 0 Å². The average Bonchev–Trinajstić information content (AvgIpc) is 3.27. The number of hydrogen-bond donors (Lipinski definition) is 2. The number of morpholine rings is 1. The summed E-state index contributed by atoms with van der Waals surface area (Å²) in [4.78, 5) is 15.0. The predicted molar refractivity (Wildman–Crippen MR) is 116 cm³/mol. The van der Waals surface area contributed by atoms with E-state index in [0.29, 0.717) is 5.56 Å². The van der Waals surface area contributed by atoms with Crippen molar-refractivity contribution in [1.29, 1.82) is 0 Å². The molecule has 1 atom stereocenters. The Morgan fingerprint density at radius 1 is 1.03 bits per heavy atom. The third-order valence-corrected chi connectivity index (χ3v) is 5.94. The summed E-state index contributed by atoms with van der Waals surface area (Å²) in [5.74, 6) is 0.664. The van der Waals surface area contributed by atoms with Gasteiger partial charge in [-0.3, -0.25) is 9.69 Å². The Bertz CT molecular complexity index is 777. The van der Waals surface area contributed by atoms with Gasteiger partial charge in [0.15, 0.2) is 0 Å². The average molecular weight is 394 g/mol. The maximum absolute atomic E-state index is 12.5. The number of amides is 1. The summed E-state index contributed by atoms with van der Waals surface area (Å²) in [6, 6.07) is 16.2. The van der Waals surface area contributed by atoms with Gasteiger partial charge >= 0.3 is 0 Å². The molecule has 29 heavy (non-hydrogen) atoms. The van der Waals surface area contributed by atoms with Crippen molar-refractivity contribution in [1.82, 2.24) is 10.2 Å². The van der Waals surface area contributed by atoms with Crippen LogP contribution in [0.2, 0.25) is 0 Å². The van der Waals surface area contributed by atoms with E-state index in [-0.39, 0.29) is 5.91 Å². The molecule has 5 nitrogen and oxygen atoms in total. The fourth-order valence-electron chi connectivity index (χ4n) is 4.08. The number of carbonyl (C=O) groups is 1. The zero-order valence-electron chi connectivity index (χ0n) is 17.0. The molecule has 2 fully saturated rings. The lowest BCUT2D eigenvalue weighted by molar-refractivity contribution is 0.0384. The molecule has 2 aliphatic rings. The number of anilines is 1. The van der Waals surface area contributed by atoms with Crippen molar-refractivity contribution in [3.8, 4) is 0 Å². The molecule has 2 heterocycles. The van der Waals surface area contributed by atoms with Gasteiger partial charge in [0.1, 0.15) is 0 Å². The zero-order valence-corrected chi connectivity index (χ0v) is 17.0. The molecule has 154 valence electrons. The zero-order chi connectivity index (χ0) is 19.9. The molecule has 0 aliphatic carbocycles. The number of carbonyl (C=O) groups excluding carboxylic acids is 1. The van der Waals surface area contributed by atoms with Crippen molar-refractivity contribution >= 4 is 11.6 Å². The minimum Gasteiger partial charge on any atom is -0.379 e. The van der Waals surface area contributed by atoms with Crippen molar-refractivity contribution < 1.29 is 9.53 Å². The second kappa shape index (κ2) is 10.0. The van der Waals surface area contributed by atoms with Crippen LogP contribution in [0.4, 0.5) is 5.69 Å². The van der Waals surface area contributed by atoms with Crippen LogP contribution < -0.4 is 10.6 Å². The Labute approximate surface area is 173 Å². The number of benzene rings is 2. The van der Waals surface area contributed by atoms with E-state index in [4.69, 9.17) is 4.74 Å². The van der Waals surface area contributed by atoms with Gasteiger partial charge in [0, 0.05) is 30.9 Å². The molecule has 4 rings (SSSR count). The second-order valence-corrected chi connectivity index (χ2v) is 8.11. The van der Waals surface area contributed by atoms with Gasteiger partial charge < -0.3 is 15.4 Å². The molecule has 2 saturated heterocycles. The Hall–Kier alpha value is -2.21. The SMILES string of the molecule is O=C(Nc1ccc(CCN2CCOCC2)cc1)c1ccc(CC2CCNC2)cc1. The van der Waals surface area contributed by atoms with Crippen LogP contribution >= 0.6 is 0 Å². The number of nitrogens with zero attached hydrogens (tertiary/aromatic N) is 1. The smallest absolute Gasteiger partial charge is 0.255 e. The van der Waals surface area contributed by atoms with Gasteiger partial charge in [-0.05, 0) is 73.7 Å². The maximum Gasteiger partial charge on any atom is 0.255 e. The van der Waals surface area contributed by atoms with Gasteiger partial charge in [-0.1, -0.05) is 24.3 Å². The summed E-state index contributed by atoms with van der Waals surface area (Å²) in [5, 5.41) is 6.41. The molecule has 2 aliphatic heterocycles. The molecule has 5 heteroatoms. The van der Waals surface area contributed by atoms with Crippen LogP contribution in [0.3, 0.4) is 0 Å². The van der Waals surface area contributed by atoms with Gasteiger partial charge in [0.2, 0.25) is 0 Å². The van der Waals surface area contributed by atoms with E-state index in [0.717, 1.165) is 70.4 Å². The monoisotopic (exact) mass is 393 g/mol. The minimum absolute atomic E-state index is 0.0554. The quantitative estimate of drug-likeness (QED) is 0.759. The Kier molecular flexibility index (Phi) is 6.93. The van der Waals surface area contributed by atoms with Crippen LogP contribution in [0, 0.1) is 5.92 Å². The van der Waals surface area contributed by atoms with Crippen LogP contribution in [-0.4, -0.2) is 56.7 Å². The molecule has 0 aromatic heterocycles. The first-order valence-corrected chi connectivity index (χ1v) is 10.8. The molecular formula is C24H31N3O2. The molecule has 0 radical (unpaired) electrons. The summed E-state index contributed by atoms with van der Waals surface area (Å²) in [5.41, 5.74) is 4.14. The highest BCUT2D eigenvalue weighted by Gasteiger charge is 2.15. The fourth-order valence-corrected chi connectivity index (χ4v) is 4.08. The topological polar surface area (TPSA) is 53.6 Å². The molecule has 0 bridgehead atoms. The van der Waals surface area contributed by atoms with Gasteiger partial charge in [-0.25, -0.2) is 0 Å². The third-order valence-electron chi connectivity index (χ3n) is 5.94. The first-order chi connectivity index (χ1) is 14.3. The van der Waals surface area contributed by atoms with E-state index in [1.165, 1.54) is 17.5 Å². The predicted octanol–water partition coefficient (Wildman–Crippen LogP) is 2.97. The molecule has 1 amide bonds. The normalized spacial score (nSPS) is 19.9. The Balaban J connectivity index is 1.26. The first-order valence-electron chi connectivity index (χ1n) is 10.8. The van der Waals surface area contributed by atoms with E-state index >= 15 is 0 Å². The minimum atomic E-state index is -0.0554. The van der Waals surface area contributed by atoms with E-state index in [9.17, 15) is 4.79 Å². The lowest BCUT2D eigenvalue weighted by Gasteiger charge is -2.26. The number of ether oxygens (including phenoxy) is 1. The Morgan fingerprint density at radius 2 is 1.76 bits per heavy atom. The standard InChI is InChI=1S/C24H31N3O2/c28-24(22-5-1-20(2-6-22)17-21-9-11-25-18-21)26-23-7-3-19(4-8-23)10-12-27-13-15-29-16-14-27/h1-8,21,25H,9-18H2,(H,26,28). The first kappa shape index (κ1) is 20.1. The van der Waals surface area contributed by atoms with E-state index in [1.807, 2.05) is 24.3 Å². The van der Waals surface area contributed by atoms with Crippen molar-refractivity contribution in [2.24, 2.45) is 5.92 Å². The van der Waals surface area contributed by atoms with Crippen LogP contribution in [0.25, 0.3) is 0 Å². The van der Waals surface area contributed by atoms with E-state index < -0.39 is 0 Å². The number of rotatable bonds is 7. The van der Waals surface area contributed by atoms with Crippen LogP contribution in [0.15, 0.2) is 48.5 Å². The molecule has 0 saturated carbocycles. The van der Waals surface area contributed by atoms with Gasteiger partial charge in [-0.15, -0.1) is 0 Å². The van der Waals surface area contributed by atoms with Crippen molar-refractivity contribution in [2.75, 3.05) is 51.3 Å². The van der Waals surface area contributed by atoms with Crippen molar-refractivity contribution in [3.05, 3.63) is 65.2 Å². The highest BCUT2D eigenvalue weighted by molar-refractivity contribution is 6.04. The molecule has 2 aromatic rings. The summed E-state index contributed by atoms with van der Waals surface area (Å²) < 4.78 is 5.39. The molecule has 2 N–H and O–H groups in total. The second-order valence-electron chi connectivity index (χ2n) is 8.11. The van der Waals surface area contributed by atoms with Gasteiger partial charge in [-0.2, -0.15) is 0 Å². The lowest BCUT2D eigenvalue weighted by Crippen LogP contribution is -2.37. The van der Waals surface area contributed by atoms with Gasteiger partial charge in [0.25, 0.3) is 5.91 Å². The largest absolute Gasteiger partial charge is 0.379 e. The highest BCUT2D eigenvalue weighted by atomic mass is 16.5. The third kappa shape index (κ3) is 5.89. The fraction of sp³-hybridized carbons (Fsp3) is 0.458.